The molecule has 5 nitrogen and oxygen atoms in total. The van der Waals surface area contributed by atoms with E-state index < -0.39 is 17.0 Å². The Morgan fingerprint density at radius 1 is 1.27 bits per heavy atom. The quantitative estimate of drug-likeness (QED) is 0.854. The molecule has 3 rings (SSSR count). The molecule has 26 heavy (non-hydrogen) atoms. The van der Waals surface area contributed by atoms with Crippen LogP contribution in [0.25, 0.3) is 0 Å². The lowest BCUT2D eigenvalue weighted by Gasteiger charge is -2.09. The summed E-state index contributed by atoms with van der Waals surface area (Å²) in [5.41, 5.74) is 0.754. The maximum absolute atomic E-state index is 13.6. The zero-order valence-electron chi connectivity index (χ0n) is 13.8. The Morgan fingerprint density at radius 3 is 2.65 bits per heavy atom. The minimum absolute atomic E-state index is 0.0676. The van der Waals surface area contributed by atoms with Crippen LogP contribution in [-0.2, 0) is 9.59 Å². The van der Waals surface area contributed by atoms with Crippen LogP contribution in [0.3, 0.4) is 0 Å². The first-order valence-corrected chi connectivity index (χ1v) is 9.02. The van der Waals surface area contributed by atoms with Crippen LogP contribution in [0.4, 0.5) is 15.8 Å². The van der Waals surface area contributed by atoms with Gasteiger partial charge >= 0.3 is 0 Å². The number of aliphatic imine (C=N–C) groups is 1. The third-order valence-corrected chi connectivity index (χ3v) is 5.19. The molecule has 0 saturated carbocycles. The van der Waals surface area contributed by atoms with Crippen molar-refractivity contribution in [2.45, 2.75) is 11.7 Å². The van der Waals surface area contributed by atoms with Crippen molar-refractivity contribution in [3.63, 3.8) is 0 Å². The Hall–Kier alpha value is -2.38. The molecule has 134 valence electrons. The molecule has 2 amide bonds. The van der Waals surface area contributed by atoms with Crippen molar-refractivity contribution in [3.05, 3.63) is 59.4 Å². The van der Waals surface area contributed by atoms with Crippen molar-refractivity contribution < 1.29 is 14.0 Å². The molecule has 0 aliphatic carbocycles. The Kier molecular flexibility index (Phi) is 5.58. The molecule has 0 aromatic heterocycles. The number of para-hydroxylation sites is 1. The zero-order valence-corrected chi connectivity index (χ0v) is 15.4. The normalized spacial score (nSPS) is 18.4. The summed E-state index contributed by atoms with van der Waals surface area (Å²) >= 11 is 7.06. The molecule has 2 aromatic rings. The average Bonchev–Trinajstić information content (AvgIpc) is 2.87. The molecule has 1 atom stereocenters. The molecule has 0 radical (unpaired) electrons. The van der Waals surface area contributed by atoms with Gasteiger partial charge in [-0.25, -0.2) is 9.38 Å². The fraction of sp³-hybridized carbons (Fsp3) is 0.167. The second-order valence-electron chi connectivity index (χ2n) is 5.61. The van der Waals surface area contributed by atoms with Gasteiger partial charge in [-0.05, 0) is 36.4 Å². The number of benzene rings is 2. The molecular formula is C18H15ClFN3O2S. The highest BCUT2D eigenvalue weighted by molar-refractivity contribution is 8.15. The second kappa shape index (κ2) is 7.88. The van der Waals surface area contributed by atoms with Crippen molar-refractivity contribution >= 4 is 51.7 Å². The highest BCUT2D eigenvalue weighted by Crippen LogP contribution is 2.31. The predicted octanol–water partition coefficient (Wildman–Crippen LogP) is 4.07. The molecule has 1 aliphatic heterocycles. The molecule has 1 aliphatic rings. The van der Waals surface area contributed by atoms with Crippen LogP contribution < -0.4 is 5.32 Å². The molecule has 0 unspecified atom stereocenters. The summed E-state index contributed by atoms with van der Waals surface area (Å²) < 4.78 is 13.6. The van der Waals surface area contributed by atoms with Crippen molar-refractivity contribution in [3.8, 4) is 0 Å². The van der Waals surface area contributed by atoms with E-state index in [1.165, 1.54) is 34.9 Å². The summed E-state index contributed by atoms with van der Waals surface area (Å²) in [4.78, 5) is 30.4. The van der Waals surface area contributed by atoms with Crippen molar-refractivity contribution in [1.82, 2.24) is 4.90 Å². The monoisotopic (exact) mass is 391 g/mol. The molecule has 0 spiro atoms. The lowest BCUT2D eigenvalue weighted by Crippen LogP contribution is -2.30. The highest BCUT2D eigenvalue weighted by Gasteiger charge is 2.37. The fourth-order valence-electron chi connectivity index (χ4n) is 2.36. The average molecular weight is 392 g/mol. The van der Waals surface area contributed by atoms with E-state index in [4.69, 9.17) is 11.6 Å². The van der Waals surface area contributed by atoms with Gasteiger partial charge in [-0.3, -0.25) is 14.5 Å². The van der Waals surface area contributed by atoms with Crippen LogP contribution >= 0.6 is 23.4 Å². The fourth-order valence-corrected chi connectivity index (χ4v) is 3.64. The first kappa shape index (κ1) is 18.4. The van der Waals surface area contributed by atoms with Crippen molar-refractivity contribution in [1.29, 1.82) is 0 Å². The first-order chi connectivity index (χ1) is 12.4. The van der Waals surface area contributed by atoms with Crippen LogP contribution in [0.2, 0.25) is 5.02 Å². The third-order valence-electron chi connectivity index (χ3n) is 3.71. The van der Waals surface area contributed by atoms with Gasteiger partial charge in [-0.2, -0.15) is 0 Å². The van der Waals surface area contributed by atoms with Gasteiger partial charge in [0.05, 0.1) is 11.4 Å². The van der Waals surface area contributed by atoms with Gasteiger partial charge < -0.3 is 5.32 Å². The second-order valence-corrected chi connectivity index (χ2v) is 7.21. The van der Waals surface area contributed by atoms with Crippen LogP contribution in [0.1, 0.15) is 6.42 Å². The molecular weight excluding hydrogens is 377 g/mol. The van der Waals surface area contributed by atoms with Crippen LogP contribution in [0.5, 0.6) is 0 Å². The number of rotatable bonds is 4. The number of carbonyl (C=O) groups excluding carboxylic acids is 2. The summed E-state index contributed by atoms with van der Waals surface area (Å²) in [6.07, 6.45) is -0.0676. The minimum Gasteiger partial charge on any atom is -0.324 e. The number of carbonyl (C=O) groups is 2. The molecule has 1 heterocycles. The van der Waals surface area contributed by atoms with E-state index >= 15 is 0 Å². The Balaban J connectivity index is 1.67. The molecule has 1 N–H and O–H groups in total. The van der Waals surface area contributed by atoms with Crippen LogP contribution in [0, 0.1) is 5.82 Å². The van der Waals surface area contributed by atoms with Gasteiger partial charge in [-0.15, -0.1) is 0 Å². The number of amidine groups is 1. The van der Waals surface area contributed by atoms with E-state index in [-0.39, 0.29) is 18.0 Å². The molecule has 2 aromatic carbocycles. The smallest absolute Gasteiger partial charge is 0.242 e. The zero-order chi connectivity index (χ0) is 18.7. The number of hydrogen-bond acceptors (Lipinski definition) is 4. The van der Waals surface area contributed by atoms with Crippen molar-refractivity contribution in [2.24, 2.45) is 4.99 Å². The summed E-state index contributed by atoms with van der Waals surface area (Å²) in [7, 11) is 1.61. The third kappa shape index (κ3) is 4.23. The van der Waals surface area contributed by atoms with E-state index in [0.717, 1.165) is 0 Å². The lowest BCUT2D eigenvalue weighted by atomic mass is 10.2. The van der Waals surface area contributed by atoms with E-state index in [1.54, 1.807) is 37.4 Å². The Bertz CT molecular complexity index is 873. The van der Waals surface area contributed by atoms with Crippen molar-refractivity contribution in [2.75, 3.05) is 12.4 Å². The van der Waals surface area contributed by atoms with Crippen LogP contribution in [0.15, 0.2) is 53.5 Å². The molecule has 1 fully saturated rings. The number of nitrogens with zero attached hydrogens (tertiary/aromatic N) is 2. The van der Waals surface area contributed by atoms with Gasteiger partial charge in [0, 0.05) is 18.5 Å². The van der Waals surface area contributed by atoms with Gasteiger partial charge in [-0.1, -0.05) is 35.5 Å². The predicted molar refractivity (Wildman–Crippen MR) is 102 cm³/mol. The number of anilines is 1. The highest BCUT2D eigenvalue weighted by atomic mass is 35.5. The number of amides is 2. The van der Waals surface area contributed by atoms with E-state index in [9.17, 15) is 14.0 Å². The van der Waals surface area contributed by atoms with Crippen LogP contribution in [-0.4, -0.2) is 34.2 Å². The summed E-state index contributed by atoms with van der Waals surface area (Å²) in [6.45, 7) is 0. The molecule has 8 heteroatoms. The van der Waals surface area contributed by atoms with Gasteiger partial charge in [0.15, 0.2) is 5.17 Å². The van der Waals surface area contributed by atoms with E-state index in [2.05, 4.69) is 10.3 Å². The molecule has 1 saturated heterocycles. The standard InChI is InChI=1S/C18H15ClFN3O2S/c1-23-17(25)15(10-16(24)22-14-5-3-2-4-13(14)20)26-18(23)21-12-8-6-11(19)7-9-12/h2-9,15H,10H2,1H3,(H,22,24)/t15-/m1/s1. The topological polar surface area (TPSA) is 61.8 Å². The van der Waals surface area contributed by atoms with Gasteiger partial charge in [0.2, 0.25) is 11.8 Å². The van der Waals surface area contributed by atoms with Gasteiger partial charge in [0.1, 0.15) is 11.1 Å². The summed E-state index contributed by atoms with van der Waals surface area (Å²) in [5, 5.41) is 2.99. The lowest BCUT2D eigenvalue weighted by molar-refractivity contribution is -0.127. The summed E-state index contributed by atoms with van der Waals surface area (Å²) in [5.74, 6) is -1.16. The first-order valence-electron chi connectivity index (χ1n) is 7.77. The Labute approximate surface area is 159 Å². The molecule has 0 bridgehead atoms. The van der Waals surface area contributed by atoms with E-state index in [1.807, 2.05) is 0 Å². The number of hydrogen-bond donors (Lipinski definition) is 1. The number of halogens is 2. The van der Waals surface area contributed by atoms with Gasteiger partial charge in [0.25, 0.3) is 0 Å². The number of thioether (sulfide) groups is 1. The Morgan fingerprint density at radius 2 is 1.96 bits per heavy atom. The minimum atomic E-state index is -0.599. The summed E-state index contributed by atoms with van der Waals surface area (Å²) in [6, 6.07) is 12.8. The van der Waals surface area contributed by atoms with E-state index in [0.29, 0.717) is 15.9 Å². The maximum atomic E-state index is 13.6. The number of nitrogens with one attached hydrogen (secondary N) is 1. The SMILES string of the molecule is CN1C(=O)[C@@H](CC(=O)Nc2ccccc2F)SC1=Nc1ccc(Cl)cc1. The maximum Gasteiger partial charge on any atom is 0.242 e. The largest absolute Gasteiger partial charge is 0.324 e.